The molecule has 2 aromatic carbocycles. The van der Waals surface area contributed by atoms with Crippen LogP contribution < -0.4 is 4.74 Å². The van der Waals surface area contributed by atoms with Gasteiger partial charge in [-0.25, -0.2) is 0 Å². The summed E-state index contributed by atoms with van der Waals surface area (Å²) in [6.07, 6.45) is 7.43. The summed E-state index contributed by atoms with van der Waals surface area (Å²) in [6.45, 7) is 9.95. The van der Waals surface area contributed by atoms with Gasteiger partial charge in [0, 0.05) is 13.0 Å². The summed E-state index contributed by atoms with van der Waals surface area (Å²) in [7, 11) is 0. The predicted octanol–water partition coefficient (Wildman–Crippen LogP) is 7.02. The van der Waals surface area contributed by atoms with E-state index in [1.165, 1.54) is 29.5 Å². The number of hydrogen-bond acceptors (Lipinski definition) is 3. The summed E-state index contributed by atoms with van der Waals surface area (Å²) >= 11 is 0. The average Bonchev–Trinajstić information content (AvgIpc) is 2.81. The molecule has 2 aliphatic rings. The van der Waals surface area contributed by atoms with Gasteiger partial charge in [-0.2, -0.15) is 0 Å². The Labute approximate surface area is 205 Å². The molecule has 2 fully saturated rings. The number of hydrogen-bond donors (Lipinski definition) is 1. The molecule has 34 heavy (non-hydrogen) atoms. The number of piperidine rings is 1. The molecule has 1 heterocycles. The Morgan fingerprint density at radius 2 is 1.62 bits per heavy atom. The fraction of sp³-hybridized carbons (Fsp3) is 0.567. The van der Waals surface area contributed by atoms with Crippen LogP contribution in [0.1, 0.15) is 71.3 Å². The largest absolute Gasteiger partial charge is 0.490 e. The van der Waals surface area contributed by atoms with Gasteiger partial charge in [0.25, 0.3) is 0 Å². The van der Waals surface area contributed by atoms with Crippen molar-refractivity contribution in [2.24, 2.45) is 17.3 Å². The molecule has 0 atom stereocenters. The number of likely N-dealkylation sites (tertiary alicyclic amines) is 1. The van der Waals surface area contributed by atoms with Gasteiger partial charge < -0.3 is 9.84 Å². The topological polar surface area (TPSA) is 49.8 Å². The van der Waals surface area contributed by atoms with Gasteiger partial charge in [-0.05, 0) is 104 Å². The van der Waals surface area contributed by atoms with Gasteiger partial charge in [0.2, 0.25) is 0 Å². The molecule has 4 rings (SSSR count). The number of rotatable bonds is 7. The summed E-state index contributed by atoms with van der Waals surface area (Å²) in [5.41, 5.74) is 4.16. The lowest BCUT2D eigenvalue weighted by atomic mass is 9.72. The van der Waals surface area contributed by atoms with Crippen molar-refractivity contribution in [1.82, 2.24) is 4.90 Å². The highest BCUT2D eigenvalue weighted by Crippen LogP contribution is 2.39. The fourth-order valence-electron chi connectivity index (χ4n) is 5.67. The highest BCUT2D eigenvalue weighted by molar-refractivity contribution is 5.67. The van der Waals surface area contributed by atoms with Gasteiger partial charge in [-0.15, -0.1) is 0 Å². The maximum atomic E-state index is 11.0. The monoisotopic (exact) mass is 463 g/mol. The minimum atomic E-state index is -0.671. The van der Waals surface area contributed by atoms with E-state index in [1.807, 2.05) is 0 Å². The zero-order chi connectivity index (χ0) is 24.1. The highest BCUT2D eigenvalue weighted by atomic mass is 16.5. The number of carboxylic acids is 1. The van der Waals surface area contributed by atoms with Crippen molar-refractivity contribution in [2.45, 2.75) is 78.4 Å². The zero-order valence-electron chi connectivity index (χ0n) is 21.1. The molecule has 1 N–H and O–H groups in total. The van der Waals surface area contributed by atoms with E-state index < -0.39 is 5.97 Å². The highest BCUT2D eigenvalue weighted by Gasteiger charge is 2.30. The Balaban J connectivity index is 1.30. The molecule has 1 saturated heterocycles. The number of carbonyl (C=O) groups is 1. The molecule has 1 saturated carbocycles. The molecular weight excluding hydrogens is 422 g/mol. The van der Waals surface area contributed by atoms with Crippen LogP contribution in [0.3, 0.4) is 0 Å². The molecule has 4 nitrogen and oxygen atoms in total. The molecule has 0 amide bonds. The molecule has 0 aromatic heterocycles. The van der Waals surface area contributed by atoms with Crippen molar-refractivity contribution >= 4 is 5.97 Å². The minimum Gasteiger partial charge on any atom is -0.490 e. The molecule has 4 heteroatoms. The first-order valence-corrected chi connectivity index (χ1v) is 13.1. The Bertz CT molecular complexity index is 930. The second kappa shape index (κ2) is 10.9. The third-order valence-corrected chi connectivity index (χ3v) is 7.89. The normalized spacial score (nSPS) is 22.4. The Morgan fingerprint density at radius 1 is 0.941 bits per heavy atom. The summed E-state index contributed by atoms with van der Waals surface area (Å²) in [4.78, 5) is 13.4. The average molecular weight is 464 g/mol. The molecule has 0 spiro atoms. The zero-order valence-corrected chi connectivity index (χ0v) is 21.1. The summed E-state index contributed by atoms with van der Waals surface area (Å²) in [5.74, 6) is 1.44. The van der Waals surface area contributed by atoms with Gasteiger partial charge in [-0.1, -0.05) is 51.1 Å². The van der Waals surface area contributed by atoms with E-state index in [0.717, 1.165) is 57.0 Å². The van der Waals surface area contributed by atoms with Gasteiger partial charge >= 0.3 is 5.97 Å². The number of nitrogens with zero attached hydrogens (tertiary/aromatic N) is 1. The van der Waals surface area contributed by atoms with Crippen molar-refractivity contribution in [3.05, 3.63) is 54.1 Å². The first-order valence-electron chi connectivity index (χ1n) is 13.1. The summed E-state index contributed by atoms with van der Waals surface area (Å²) in [6, 6.07) is 17.4. The smallest absolute Gasteiger partial charge is 0.303 e. The molecule has 0 unspecified atom stereocenters. The molecule has 1 aliphatic heterocycles. The van der Waals surface area contributed by atoms with Gasteiger partial charge in [0.1, 0.15) is 5.75 Å². The van der Waals surface area contributed by atoms with Gasteiger partial charge in [0.05, 0.1) is 6.10 Å². The number of ether oxygens (including phenoxy) is 1. The lowest BCUT2D eigenvalue weighted by molar-refractivity contribution is -0.138. The van der Waals surface area contributed by atoms with E-state index in [2.05, 4.69) is 74.2 Å². The van der Waals surface area contributed by atoms with Crippen molar-refractivity contribution < 1.29 is 14.6 Å². The van der Waals surface area contributed by atoms with Crippen LogP contribution in [0.15, 0.2) is 48.5 Å². The van der Waals surface area contributed by atoms with Crippen molar-refractivity contribution in [3.63, 3.8) is 0 Å². The number of aliphatic carboxylic acids is 1. The van der Waals surface area contributed by atoms with Crippen LogP contribution in [0.2, 0.25) is 0 Å². The fourth-order valence-corrected chi connectivity index (χ4v) is 5.67. The third kappa shape index (κ3) is 6.85. The van der Waals surface area contributed by atoms with Crippen LogP contribution >= 0.6 is 0 Å². The molecule has 184 valence electrons. The van der Waals surface area contributed by atoms with Crippen LogP contribution in [0.4, 0.5) is 0 Å². The second-order valence-corrected chi connectivity index (χ2v) is 11.5. The van der Waals surface area contributed by atoms with E-state index in [1.54, 1.807) is 0 Å². The van der Waals surface area contributed by atoms with Crippen molar-refractivity contribution in [3.8, 4) is 16.9 Å². The van der Waals surface area contributed by atoms with E-state index in [-0.39, 0.29) is 0 Å². The number of carboxylic acid groups (broad SMARTS) is 1. The third-order valence-electron chi connectivity index (χ3n) is 7.89. The minimum absolute atomic E-state index is 0.307. The predicted molar refractivity (Wildman–Crippen MR) is 138 cm³/mol. The second-order valence-electron chi connectivity index (χ2n) is 11.5. The van der Waals surface area contributed by atoms with Crippen LogP contribution in [0.25, 0.3) is 11.1 Å². The molecular formula is C30H41NO3. The Morgan fingerprint density at radius 3 is 2.24 bits per heavy atom. The van der Waals surface area contributed by atoms with Gasteiger partial charge in [-0.3, -0.25) is 9.69 Å². The molecule has 2 aromatic rings. The maximum Gasteiger partial charge on any atom is 0.303 e. The Kier molecular flexibility index (Phi) is 7.98. The lowest BCUT2D eigenvalue weighted by Gasteiger charge is -2.36. The van der Waals surface area contributed by atoms with E-state index in [0.29, 0.717) is 23.9 Å². The quantitative estimate of drug-likeness (QED) is 0.479. The van der Waals surface area contributed by atoms with Crippen LogP contribution in [-0.2, 0) is 11.3 Å². The van der Waals surface area contributed by atoms with Gasteiger partial charge in [0.15, 0.2) is 0 Å². The SMILES string of the molecule is CC(C)(C)[C@H]1CC[C@H](Oc2ccc(-c3cccc(CN4CCC(CC(=O)O)CC4)c3)cc2)CC1. The van der Waals surface area contributed by atoms with Crippen LogP contribution in [-0.4, -0.2) is 35.2 Å². The molecule has 1 aliphatic carbocycles. The Hall–Kier alpha value is -2.33. The molecule has 0 bridgehead atoms. The van der Waals surface area contributed by atoms with Crippen molar-refractivity contribution in [1.29, 1.82) is 0 Å². The van der Waals surface area contributed by atoms with Crippen molar-refractivity contribution in [2.75, 3.05) is 13.1 Å². The first kappa shape index (κ1) is 24.8. The standard InChI is InChI=1S/C30H41NO3/c1-30(2,3)26-9-13-28(14-10-26)34-27-11-7-24(8-12-27)25-6-4-5-23(19-25)21-31-17-15-22(16-18-31)20-29(32)33/h4-8,11-12,19,22,26,28H,9-10,13-18,20-21H2,1-3H3,(H,32,33)/t26-,28-. The van der Waals surface area contributed by atoms with E-state index in [4.69, 9.17) is 9.84 Å². The van der Waals surface area contributed by atoms with Crippen LogP contribution in [0.5, 0.6) is 5.75 Å². The first-order chi connectivity index (χ1) is 16.3. The van der Waals surface area contributed by atoms with Crippen LogP contribution in [0, 0.1) is 17.3 Å². The maximum absolute atomic E-state index is 11.0. The summed E-state index contributed by atoms with van der Waals surface area (Å²) in [5, 5.41) is 9.02. The number of benzene rings is 2. The van der Waals surface area contributed by atoms with E-state index >= 15 is 0 Å². The molecule has 0 radical (unpaired) electrons. The lowest BCUT2D eigenvalue weighted by Crippen LogP contribution is -2.33. The van der Waals surface area contributed by atoms with E-state index in [9.17, 15) is 4.79 Å². The summed E-state index contributed by atoms with van der Waals surface area (Å²) < 4.78 is 6.32.